The number of hydrogen-bond acceptors (Lipinski definition) is 9. The number of Topliss-reactive ketones (excluding diaryl/α,β-unsaturated/α-hetero) is 1. The van der Waals surface area contributed by atoms with Gasteiger partial charge in [0, 0.05) is 67.9 Å². The Bertz CT molecular complexity index is 1920. The minimum Gasteiger partial charge on any atom is -0.494 e. The number of carboxylic acid groups (broad SMARTS) is 2. The smallest absolute Gasteiger partial charge is 0.407 e. The third kappa shape index (κ3) is 15.0. The topological polar surface area (TPSA) is 189 Å². The third-order valence-corrected chi connectivity index (χ3v) is 10.0. The Morgan fingerprint density at radius 1 is 0.900 bits per heavy atom. The van der Waals surface area contributed by atoms with Gasteiger partial charge in [0.2, 0.25) is 0 Å². The average Bonchev–Trinajstić information content (AvgIpc) is 3.20. The lowest BCUT2D eigenvalue weighted by molar-refractivity contribution is -0.136. The first-order chi connectivity index (χ1) is 28.5. The normalized spacial score (nSPS) is 15.8. The zero-order chi connectivity index (χ0) is 44.5. The Balaban J connectivity index is 0.000000502. The number of carbonyl (C=O) groups is 5. The number of nitrogens with two attached hydrogens (primary N) is 1. The van der Waals surface area contributed by atoms with Gasteiger partial charge in [-0.05, 0) is 105 Å². The van der Waals surface area contributed by atoms with Crippen LogP contribution < -0.4 is 15.8 Å². The van der Waals surface area contributed by atoms with E-state index < -0.39 is 53.4 Å². The maximum Gasteiger partial charge on any atom is 0.407 e. The van der Waals surface area contributed by atoms with Crippen molar-refractivity contribution in [2.45, 2.75) is 103 Å². The molecule has 0 spiro atoms. The number of nitrogens with zero attached hydrogens (tertiary/aromatic N) is 2. The number of carbonyl (C=O) groups excluding carboxylic acids is 3. The summed E-state index contributed by atoms with van der Waals surface area (Å²) in [4.78, 5) is 63.3. The summed E-state index contributed by atoms with van der Waals surface area (Å²) < 4.78 is 51.6. The van der Waals surface area contributed by atoms with Crippen LogP contribution in [0.15, 0.2) is 54.6 Å². The van der Waals surface area contributed by atoms with Gasteiger partial charge in [-0.25, -0.2) is 22.8 Å². The summed E-state index contributed by atoms with van der Waals surface area (Å²) in [6, 6.07) is 10.9. The first kappa shape index (κ1) is 48.9. The van der Waals surface area contributed by atoms with Gasteiger partial charge >= 0.3 is 18.0 Å². The Morgan fingerprint density at radius 2 is 1.55 bits per heavy atom. The highest BCUT2D eigenvalue weighted by Crippen LogP contribution is 2.22. The maximum absolute atomic E-state index is 13.9. The highest BCUT2D eigenvalue weighted by atomic mass is 19.1. The van der Waals surface area contributed by atoms with E-state index in [-0.39, 0.29) is 60.7 Å². The fraction of sp³-hybridized carbons (Fsp3) is 0.477. The first-order valence-electron chi connectivity index (χ1n) is 20.1. The van der Waals surface area contributed by atoms with Gasteiger partial charge in [0.25, 0.3) is 5.91 Å². The summed E-state index contributed by atoms with van der Waals surface area (Å²) in [6.07, 6.45) is 1.25. The number of aliphatic carboxylic acids is 1. The summed E-state index contributed by atoms with van der Waals surface area (Å²) in [7, 11) is 1.32. The summed E-state index contributed by atoms with van der Waals surface area (Å²) in [6.45, 7) is 9.47. The second-order valence-electron chi connectivity index (χ2n) is 14.8. The molecule has 0 aromatic heterocycles. The minimum atomic E-state index is -1.05. The van der Waals surface area contributed by atoms with Crippen LogP contribution in [-0.4, -0.2) is 107 Å². The molecule has 2 amide bonds. The Kier molecular flexibility index (Phi) is 19.5. The van der Waals surface area contributed by atoms with E-state index in [1.165, 1.54) is 42.3 Å². The molecular formula is C44H57F3N4O9. The van der Waals surface area contributed by atoms with E-state index in [0.717, 1.165) is 30.5 Å². The molecule has 60 heavy (non-hydrogen) atoms. The molecule has 4 atom stereocenters. The van der Waals surface area contributed by atoms with Crippen molar-refractivity contribution in [1.82, 2.24) is 15.1 Å². The summed E-state index contributed by atoms with van der Waals surface area (Å²) in [5.74, 6) is -4.32. The number of ketones is 1. The molecule has 1 heterocycles. The van der Waals surface area contributed by atoms with Crippen molar-refractivity contribution in [1.29, 1.82) is 0 Å². The van der Waals surface area contributed by atoms with Crippen molar-refractivity contribution in [3.63, 3.8) is 0 Å². The SMILES string of the molecule is CCCN(CCC)C(=O)c1cc(C)cc(C(=O)O[C@H](CNC2CCN(C(=O)O)C(CC)C2)[C@@H](N)Cc2cc(F)cc(F)c2)c1.COc1ccc(C(=O)CCC(=O)O)cc1F. The quantitative estimate of drug-likeness (QED) is 0.0717. The van der Waals surface area contributed by atoms with Gasteiger partial charge < -0.3 is 40.5 Å². The van der Waals surface area contributed by atoms with Gasteiger partial charge in [0.15, 0.2) is 17.3 Å². The van der Waals surface area contributed by atoms with Crippen LogP contribution >= 0.6 is 0 Å². The largest absolute Gasteiger partial charge is 0.494 e. The fourth-order valence-corrected chi connectivity index (χ4v) is 7.04. The Hall–Kier alpha value is -5.48. The standard InChI is InChI=1S/C33H46F2N4O5.C11H11FO4/c1-5-9-38(10-6-2)31(40)23-12-21(4)13-24(17-23)32(41)44-30(29(36)16-22-14-25(34)18-26(35)15-22)20-37-27-8-11-39(33(42)43)28(7-3)19-27;1-16-10-4-2-7(6-8(10)12)9(13)3-5-11(14)15/h12-15,17-18,27-30,37H,5-11,16,19-20,36H2,1-4H3,(H,42,43);2,4,6H,3,5H2,1H3,(H,14,15)/t27?,28?,29-,30+;/m0./s1. The molecule has 4 rings (SSSR count). The number of piperidine rings is 1. The number of nitrogens with one attached hydrogen (secondary N) is 1. The van der Waals surface area contributed by atoms with Crippen LogP contribution in [0.4, 0.5) is 18.0 Å². The first-order valence-corrected chi connectivity index (χ1v) is 20.1. The monoisotopic (exact) mass is 842 g/mol. The maximum atomic E-state index is 13.9. The van der Waals surface area contributed by atoms with E-state index in [9.17, 15) is 42.3 Å². The van der Waals surface area contributed by atoms with E-state index in [1.54, 1.807) is 24.0 Å². The van der Waals surface area contributed by atoms with E-state index >= 15 is 0 Å². The molecule has 16 heteroatoms. The predicted molar refractivity (Wildman–Crippen MR) is 219 cm³/mol. The fourth-order valence-electron chi connectivity index (χ4n) is 7.04. The van der Waals surface area contributed by atoms with Crippen LogP contribution in [0.1, 0.15) is 108 Å². The lowest BCUT2D eigenvalue weighted by Gasteiger charge is -2.38. The van der Waals surface area contributed by atoms with Crippen LogP contribution in [0.2, 0.25) is 0 Å². The molecule has 13 nitrogen and oxygen atoms in total. The molecule has 1 aliphatic heterocycles. The van der Waals surface area contributed by atoms with Gasteiger partial charge in [-0.15, -0.1) is 0 Å². The van der Waals surface area contributed by atoms with Gasteiger partial charge in [-0.2, -0.15) is 0 Å². The van der Waals surface area contributed by atoms with Crippen molar-refractivity contribution >= 4 is 29.7 Å². The number of methoxy groups -OCH3 is 1. The van der Waals surface area contributed by atoms with Crippen LogP contribution in [0.25, 0.3) is 0 Å². The number of carboxylic acids is 1. The van der Waals surface area contributed by atoms with Gasteiger partial charge in [0.1, 0.15) is 17.7 Å². The summed E-state index contributed by atoms with van der Waals surface area (Å²) in [5, 5.41) is 21.3. The highest BCUT2D eigenvalue weighted by Gasteiger charge is 2.32. The van der Waals surface area contributed by atoms with E-state index in [0.29, 0.717) is 50.0 Å². The van der Waals surface area contributed by atoms with Gasteiger partial charge in [-0.1, -0.05) is 20.8 Å². The van der Waals surface area contributed by atoms with Crippen molar-refractivity contribution in [3.05, 3.63) is 99.9 Å². The Labute approximate surface area is 349 Å². The molecule has 1 saturated heterocycles. The lowest BCUT2D eigenvalue weighted by Crippen LogP contribution is -2.53. The van der Waals surface area contributed by atoms with E-state index in [1.807, 2.05) is 20.8 Å². The van der Waals surface area contributed by atoms with Crippen molar-refractivity contribution < 1.29 is 56.8 Å². The van der Waals surface area contributed by atoms with Crippen molar-refractivity contribution in [3.8, 4) is 5.75 Å². The second kappa shape index (κ2) is 23.9. The number of benzene rings is 3. The van der Waals surface area contributed by atoms with Crippen LogP contribution in [-0.2, 0) is 16.0 Å². The summed E-state index contributed by atoms with van der Waals surface area (Å²) in [5.41, 5.74) is 8.31. The number of likely N-dealkylation sites (tertiary alicyclic amines) is 1. The van der Waals surface area contributed by atoms with E-state index in [4.69, 9.17) is 20.3 Å². The molecule has 0 saturated carbocycles. The second-order valence-corrected chi connectivity index (χ2v) is 14.8. The molecule has 5 N–H and O–H groups in total. The molecule has 2 unspecified atom stereocenters. The van der Waals surface area contributed by atoms with Crippen molar-refractivity contribution in [2.24, 2.45) is 5.73 Å². The molecule has 3 aromatic rings. The molecule has 3 aromatic carbocycles. The minimum absolute atomic E-state index is 0.0399. The van der Waals surface area contributed by atoms with Gasteiger partial charge in [-0.3, -0.25) is 14.4 Å². The summed E-state index contributed by atoms with van der Waals surface area (Å²) >= 11 is 0. The van der Waals surface area contributed by atoms with Crippen molar-refractivity contribution in [2.75, 3.05) is 33.3 Å². The number of amides is 2. The molecule has 1 aliphatic rings. The molecule has 1 fully saturated rings. The molecular weight excluding hydrogens is 785 g/mol. The highest BCUT2D eigenvalue weighted by molar-refractivity contribution is 5.98. The molecule has 0 radical (unpaired) electrons. The number of aryl methyl sites for hydroxylation is 1. The van der Waals surface area contributed by atoms with Crippen LogP contribution in [0, 0.1) is 24.4 Å². The molecule has 0 bridgehead atoms. The predicted octanol–water partition coefficient (Wildman–Crippen LogP) is 7.02. The number of esters is 1. The third-order valence-electron chi connectivity index (χ3n) is 10.0. The average molecular weight is 843 g/mol. The molecule has 0 aliphatic carbocycles. The lowest BCUT2D eigenvalue weighted by atomic mass is 9.95. The zero-order valence-corrected chi connectivity index (χ0v) is 34.8. The number of ether oxygens (including phenoxy) is 2. The van der Waals surface area contributed by atoms with Crippen LogP contribution in [0.3, 0.4) is 0 Å². The zero-order valence-electron chi connectivity index (χ0n) is 34.8. The number of rotatable bonds is 19. The Morgan fingerprint density at radius 3 is 2.12 bits per heavy atom. The number of halogens is 3. The van der Waals surface area contributed by atoms with Crippen LogP contribution in [0.5, 0.6) is 5.75 Å². The van der Waals surface area contributed by atoms with E-state index in [2.05, 4.69) is 5.32 Å². The molecule has 328 valence electrons. The van der Waals surface area contributed by atoms with Gasteiger partial charge in [0.05, 0.1) is 19.1 Å². The number of hydrogen-bond donors (Lipinski definition) is 4.